The van der Waals surface area contributed by atoms with E-state index < -0.39 is 0 Å². The minimum absolute atomic E-state index is 0. The van der Waals surface area contributed by atoms with Gasteiger partial charge in [0.15, 0.2) is 0 Å². The first-order valence-corrected chi connectivity index (χ1v) is 15.1. The van der Waals surface area contributed by atoms with Crippen LogP contribution in [0.15, 0.2) is 170 Å². The molecule has 2 aromatic heterocycles. The van der Waals surface area contributed by atoms with Crippen molar-refractivity contribution < 1.29 is 51.0 Å². The largest absolute Gasteiger partial charge is 4.00 e. The summed E-state index contributed by atoms with van der Waals surface area (Å²) in [5.74, 6) is 0. The van der Waals surface area contributed by atoms with Crippen LogP contribution >= 0.6 is 0 Å². The second-order valence-corrected chi connectivity index (χ2v) is 11.4. The monoisotopic (exact) mass is 720 g/mol. The smallest absolute Gasteiger partial charge is 1.00 e. The van der Waals surface area contributed by atoms with Gasteiger partial charge in [-0.2, -0.15) is 0 Å². The normalized spacial score (nSPS) is 10.9. The Kier molecular flexibility index (Phi) is 9.26. The van der Waals surface area contributed by atoms with E-state index in [0.717, 1.165) is 0 Å². The van der Waals surface area contributed by atoms with Crippen LogP contribution in [-0.2, 0) is 26.2 Å². The zero-order valence-corrected chi connectivity index (χ0v) is 29.3. The van der Waals surface area contributed by atoms with Gasteiger partial charge in [-0.25, -0.2) is 0 Å². The van der Waals surface area contributed by atoms with Gasteiger partial charge in [0.2, 0.25) is 0 Å². The van der Waals surface area contributed by atoms with Crippen LogP contribution in [0.4, 0.5) is 0 Å². The van der Waals surface area contributed by atoms with Crippen LogP contribution in [0.3, 0.4) is 0 Å². The topological polar surface area (TPSA) is 9.86 Å². The molecule has 0 spiro atoms. The number of nitrogens with zero attached hydrogens (tertiary/aromatic N) is 2. The van der Waals surface area contributed by atoms with E-state index in [1.165, 1.54) is 76.5 Å². The average molecular weight is 723 g/mol. The predicted octanol–water partition coefficient (Wildman–Crippen LogP) is 5.32. The van der Waals surface area contributed by atoms with E-state index in [-0.39, 0.29) is 51.0 Å². The molecular weight excluding hydrogens is 695 g/mol. The Bertz CT molecular complexity index is 2410. The molecule has 0 aliphatic heterocycles. The number of aromatic nitrogens is 2. The van der Waals surface area contributed by atoms with Gasteiger partial charge in [0.1, 0.15) is 0 Å². The fraction of sp³-hybridized carbons (Fsp3) is 0. The Morgan fingerprint density at radius 1 is 0.340 bits per heavy atom. The number of rotatable bonds is 2. The molecule has 0 bridgehead atoms. The van der Waals surface area contributed by atoms with Gasteiger partial charge in [-0.15, -0.1) is 35.0 Å². The van der Waals surface area contributed by atoms with E-state index in [9.17, 15) is 0 Å². The summed E-state index contributed by atoms with van der Waals surface area (Å²) in [4.78, 5) is 0. The quantitative estimate of drug-likeness (QED) is 0.214. The zero-order valence-electron chi connectivity index (χ0n) is 25.3. The first-order chi connectivity index (χ1) is 21.9. The number of halogens is 2. The minimum atomic E-state index is 0. The Labute approximate surface area is 304 Å². The molecule has 0 aliphatic rings. The van der Waals surface area contributed by atoms with Crippen LogP contribution in [0.25, 0.3) is 76.5 Å². The molecule has 8 aromatic carbocycles. The van der Waals surface area contributed by atoms with Gasteiger partial charge in [0, 0.05) is 22.4 Å². The molecule has 10 rings (SSSR count). The van der Waals surface area contributed by atoms with E-state index in [1.54, 1.807) is 0 Å². The molecule has 0 radical (unpaired) electrons. The molecule has 0 N–H and O–H groups in total. The molecule has 224 valence electrons. The molecular formula is C42H28Cl2N2Zr. The molecule has 0 amide bonds. The minimum Gasteiger partial charge on any atom is -1.00 e. The van der Waals surface area contributed by atoms with Crippen molar-refractivity contribution >= 4 is 65.2 Å². The zero-order chi connectivity index (χ0) is 29.0. The summed E-state index contributed by atoms with van der Waals surface area (Å²) in [6.07, 6.45) is 0. The number of hydrogen-bond donors (Lipinski definition) is 0. The van der Waals surface area contributed by atoms with Crippen molar-refractivity contribution in [2.45, 2.75) is 0 Å². The van der Waals surface area contributed by atoms with Crippen molar-refractivity contribution in [3.63, 3.8) is 0 Å². The van der Waals surface area contributed by atoms with Crippen molar-refractivity contribution in [3.8, 4) is 11.4 Å². The van der Waals surface area contributed by atoms with E-state index >= 15 is 0 Å². The molecule has 2 nitrogen and oxygen atoms in total. The maximum absolute atomic E-state index is 2.38. The Hall–Kier alpha value is -4.40. The third-order valence-electron chi connectivity index (χ3n) is 8.89. The SMILES string of the molecule is [Cl-].[Cl-].[Zr+4].c1ccc(-n2c3ccccc3c3[cH-]c4ccccc4c32)cc1.c1ccc(-n2c3ccccc3c3[cH-]c4ccccc4c32)cc1. The van der Waals surface area contributed by atoms with E-state index in [4.69, 9.17) is 0 Å². The molecule has 0 saturated carbocycles. The third-order valence-corrected chi connectivity index (χ3v) is 8.89. The van der Waals surface area contributed by atoms with Crippen LogP contribution in [0.5, 0.6) is 0 Å². The van der Waals surface area contributed by atoms with Crippen LogP contribution in [0, 0.1) is 0 Å². The maximum Gasteiger partial charge on any atom is 4.00 e. The molecule has 0 aliphatic carbocycles. The number of benzene rings is 6. The fourth-order valence-electron chi connectivity index (χ4n) is 7.03. The Morgan fingerprint density at radius 2 is 0.660 bits per heavy atom. The standard InChI is InChI=1S/2C21H14N.2ClH.Zr/c2*1-2-9-16(10-3-1)22-20-13-7-6-12-18(20)19-14-15-8-4-5-11-17(15)21(19)22;;;/h2*1-14H;2*1H;/q2*-1;;;+4/p-2. The molecule has 0 saturated heterocycles. The fourth-order valence-corrected chi connectivity index (χ4v) is 7.03. The average Bonchev–Trinajstić information content (AvgIpc) is 3.83. The van der Waals surface area contributed by atoms with E-state index in [0.29, 0.717) is 0 Å². The molecule has 5 heteroatoms. The summed E-state index contributed by atoms with van der Waals surface area (Å²) < 4.78 is 4.76. The Morgan fingerprint density at radius 3 is 1.06 bits per heavy atom. The molecule has 47 heavy (non-hydrogen) atoms. The van der Waals surface area contributed by atoms with Gasteiger partial charge in [0.25, 0.3) is 0 Å². The van der Waals surface area contributed by atoms with Crippen LogP contribution < -0.4 is 24.8 Å². The van der Waals surface area contributed by atoms with Gasteiger partial charge in [0.05, 0.1) is 0 Å². The Balaban J connectivity index is 0.000000155. The summed E-state index contributed by atoms with van der Waals surface area (Å²) in [6.45, 7) is 0. The van der Waals surface area contributed by atoms with Gasteiger partial charge >= 0.3 is 26.2 Å². The summed E-state index contributed by atoms with van der Waals surface area (Å²) >= 11 is 0. The molecule has 0 unspecified atom stereocenters. The second-order valence-electron chi connectivity index (χ2n) is 11.4. The van der Waals surface area contributed by atoms with Crippen molar-refractivity contribution in [2.24, 2.45) is 0 Å². The number of para-hydroxylation sites is 4. The first kappa shape index (κ1) is 32.5. The van der Waals surface area contributed by atoms with Crippen LogP contribution in [0.2, 0.25) is 0 Å². The van der Waals surface area contributed by atoms with Gasteiger partial charge < -0.3 is 33.9 Å². The maximum atomic E-state index is 2.38. The summed E-state index contributed by atoms with van der Waals surface area (Å²) in [5, 5.41) is 10.6. The van der Waals surface area contributed by atoms with Gasteiger partial charge in [-0.3, -0.25) is 0 Å². The molecule has 0 atom stereocenters. The first-order valence-electron chi connectivity index (χ1n) is 15.1. The predicted molar refractivity (Wildman–Crippen MR) is 188 cm³/mol. The molecule has 10 aromatic rings. The van der Waals surface area contributed by atoms with Crippen LogP contribution in [0.1, 0.15) is 0 Å². The number of fused-ring (bicyclic) bond motifs is 10. The number of hydrogen-bond acceptors (Lipinski definition) is 0. The van der Waals surface area contributed by atoms with Crippen molar-refractivity contribution in [2.75, 3.05) is 0 Å². The van der Waals surface area contributed by atoms with Gasteiger partial charge in [-0.1, -0.05) is 142 Å². The molecule has 2 heterocycles. The second kappa shape index (κ2) is 13.4. The van der Waals surface area contributed by atoms with Gasteiger partial charge in [-0.05, 0) is 47.4 Å². The van der Waals surface area contributed by atoms with E-state index in [1.807, 2.05) is 0 Å². The summed E-state index contributed by atoms with van der Waals surface area (Å²) in [6, 6.07) is 60.4. The summed E-state index contributed by atoms with van der Waals surface area (Å²) in [5.41, 5.74) is 7.58. The van der Waals surface area contributed by atoms with Crippen molar-refractivity contribution in [1.29, 1.82) is 0 Å². The van der Waals surface area contributed by atoms with E-state index in [2.05, 4.69) is 179 Å². The van der Waals surface area contributed by atoms with Crippen molar-refractivity contribution in [3.05, 3.63) is 170 Å². The molecule has 0 fully saturated rings. The summed E-state index contributed by atoms with van der Waals surface area (Å²) in [7, 11) is 0. The van der Waals surface area contributed by atoms with Crippen LogP contribution in [-0.4, -0.2) is 9.13 Å². The third kappa shape index (κ3) is 5.24. The van der Waals surface area contributed by atoms with Crippen molar-refractivity contribution in [1.82, 2.24) is 9.13 Å².